The quantitative estimate of drug-likeness (QED) is 0.599. The zero-order valence-corrected chi connectivity index (χ0v) is 11.6. The Morgan fingerprint density at radius 1 is 1.20 bits per heavy atom. The van der Waals surface area contributed by atoms with E-state index >= 15 is 0 Å². The molecule has 1 aromatic carbocycles. The summed E-state index contributed by atoms with van der Waals surface area (Å²) in [6.45, 7) is -0.0552. The third-order valence-corrected chi connectivity index (χ3v) is 3.83. The molecule has 0 spiro atoms. The molecule has 0 atom stereocenters. The minimum Gasteiger partial charge on any atom is -0.461 e. The van der Waals surface area contributed by atoms with Crippen LogP contribution in [0.25, 0.3) is 0 Å². The van der Waals surface area contributed by atoms with Crippen LogP contribution in [-0.4, -0.2) is 12.6 Å². The number of allylic oxidation sites excluding steroid dienone is 2. The topological polar surface area (TPSA) is 26.3 Å². The molecule has 1 saturated carbocycles. The molecule has 0 heterocycles. The van der Waals surface area contributed by atoms with Gasteiger partial charge in [-0.1, -0.05) is 42.5 Å². The fourth-order valence-corrected chi connectivity index (χ4v) is 2.64. The molecule has 2 nitrogen and oxygen atoms in total. The number of hydrogen-bond donors (Lipinski definition) is 0. The van der Waals surface area contributed by atoms with E-state index < -0.39 is 6.67 Å². The van der Waals surface area contributed by atoms with Gasteiger partial charge in [0.05, 0.1) is 5.92 Å². The zero-order chi connectivity index (χ0) is 14.2. The molecule has 3 heteroatoms. The van der Waals surface area contributed by atoms with Crippen molar-refractivity contribution in [1.29, 1.82) is 0 Å². The SMILES string of the molecule is O=C(OCc1ccccc1)C1CCC(C=CCF)CC1. The molecular weight excluding hydrogens is 255 g/mol. The highest BCUT2D eigenvalue weighted by Gasteiger charge is 2.26. The molecular formula is C17H21FO2. The minimum atomic E-state index is -0.404. The van der Waals surface area contributed by atoms with E-state index in [0.717, 1.165) is 31.2 Å². The van der Waals surface area contributed by atoms with Gasteiger partial charge in [0.25, 0.3) is 0 Å². The lowest BCUT2D eigenvalue weighted by Crippen LogP contribution is -2.23. The van der Waals surface area contributed by atoms with Gasteiger partial charge >= 0.3 is 5.97 Å². The van der Waals surface area contributed by atoms with E-state index in [1.807, 2.05) is 36.4 Å². The van der Waals surface area contributed by atoms with Crippen molar-refractivity contribution < 1.29 is 13.9 Å². The molecule has 0 radical (unpaired) electrons. The third kappa shape index (κ3) is 4.48. The summed E-state index contributed by atoms with van der Waals surface area (Å²) < 4.78 is 17.4. The Morgan fingerprint density at radius 3 is 2.55 bits per heavy atom. The Morgan fingerprint density at radius 2 is 1.90 bits per heavy atom. The lowest BCUT2D eigenvalue weighted by molar-refractivity contribution is -0.151. The van der Waals surface area contributed by atoms with E-state index in [0.29, 0.717) is 12.5 Å². The molecule has 1 aromatic rings. The Labute approximate surface area is 119 Å². The van der Waals surface area contributed by atoms with E-state index in [4.69, 9.17) is 4.74 Å². The van der Waals surface area contributed by atoms with E-state index in [2.05, 4.69) is 0 Å². The number of benzene rings is 1. The fourth-order valence-electron chi connectivity index (χ4n) is 2.64. The predicted molar refractivity (Wildman–Crippen MR) is 76.8 cm³/mol. The maximum atomic E-state index is 12.1. The maximum absolute atomic E-state index is 12.1. The van der Waals surface area contributed by atoms with E-state index in [-0.39, 0.29) is 11.9 Å². The molecule has 2 rings (SSSR count). The first-order valence-corrected chi connectivity index (χ1v) is 7.23. The Hall–Kier alpha value is -1.64. The van der Waals surface area contributed by atoms with Crippen LogP contribution in [0.3, 0.4) is 0 Å². The van der Waals surface area contributed by atoms with Gasteiger partial charge in [-0.25, -0.2) is 4.39 Å². The molecule has 0 unspecified atom stereocenters. The first-order chi connectivity index (χ1) is 9.79. The van der Waals surface area contributed by atoms with Crippen LogP contribution in [-0.2, 0) is 16.1 Å². The fraction of sp³-hybridized carbons (Fsp3) is 0.471. The van der Waals surface area contributed by atoms with Crippen LogP contribution in [0.1, 0.15) is 31.2 Å². The molecule has 0 aromatic heterocycles. The molecule has 0 amide bonds. The third-order valence-electron chi connectivity index (χ3n) is 3.83. The lowest BCUT2D eigenvalue weighted by Gasteiger charge is -2.25. The second-order valence-corrected chi connectivity index (χ2v) is 5.29. The number of rotatable bonds is 5. The summed E-state index contributed by atoms with van der Waals surface area (Å²) in [4.78, 5) is 12.0. The van der Waals surface area contributed by atoms with Crippen molar-refractivity contribution in [2.24, 2.45) is 11.8 Å². The van der Waals surface area contributed by atoms with Gasteiger partial charge in [-0.05, 0) is 37.2 Å². The van der Waals surface area contributed by atoms with Gasteiger partial charge in [0, 0.05) is 0 Å². The maximum Gasteiger partial charge on any atom is 0.309 e. The normalized spacial score (nSPS) is 22.9. The van der Waals surface area contributed by atoms with Crippen LogP contribution in [0.2, 0.25) is 0 Å². The van der Waals surface area contributed by atoms with Gasteiger partial charge in [-0.2, -0.15) is 0 Å². The van der Waals surface area contributed by atoms with E-state index in [1.165, 1.54) is 0 Å². The smallest absolute Gasteiger partial charge is 0.309 e. The minimum absolute atomic E-state index is 0.00809. The number of carbonyl (C=O) groups is 1. The monoisotopic (exact) mass is 276 g/mol. The number of esters is 1. The highest BCUT2D eigenvalue weighted by atomic mass is 19.1. The van der Waals surface area contributed by atoms with Crippen LogP contribution in [0.5, 0.6) is 0 Å². The molecule has 1 aliphatic rings. The highest BCUT2D eigenvalue weighted by Crippen LogP contribution is 2.30. The number of halogens is 1. The van der Waals surface area contributed by atoms with Crippen molar-refractivity contribution in [1.82, 2.24) is 0 Å². The van der Waals surface area contributed by atoms with Crippen molar-refractivity contribution in [3.63, 3.8) is 0 Å². The van der Waals surface area contributed by atoms with Crippen LogP contribution in [0.4, 0.5) is 4.39 Å². The summed E-state index contributed by atoms with van der Waals surface area (Å²) >= 11 is 0. The Balaban J connectivity index is 1.73. The molecule has 1 fully saturated rings. The van der Waals surface area contributed by atoms with Crippen LogP contribution in [0, 0.1) is 11.8 Å². The standard InChI is InChI=1S/C17H21FO2/c18-12-4-7-14-8-10-16(11-9-14)17(19)20-13-15-5-2-1-3-6-15/h1-7,14,16H,8-13H2. The van der Waals surface area contributed by atoms with Gasteiger partial charge in [0.1, 0.15) is 13.3 Å². The summed E-state index contributed by atoms with van der Waals surface area (Å²) in [6.07, 6.45) is 7.08. The average Bonchev–Trinajstić information content (AvgIpc) is 2.52. The van der Waals surface area contributed by atoms with Crippen molar-refractivity contribution in [3.05, 3.63) is 48.0 Å². The van der Waals surface area contributed by atoms with Crippen molar-refractivity contribution in [2.75, 3.05) is 6.67 Å². The van der Waals surface area contributed by atoms with Crippen LogP contribution in [0.15, 0.2) is 42.5 Å². The lowest BCUT2D eigenvalue weighted by atomic mass is 9.82. The van der Waals surface area contributed by atoms with Gasteiger partial charge in [-0.15, -0.1) is 0 Å². The molecule has 1 aliphatic carbocycles. The highest BCUT2D eigenvalue weighted by molar-refractivity contribution is 5.72. The second kappa shape index (κ2) is 7.83. The number of hydrogen-bond acceptors (Lipinski definition) is 2. The van der Waals surface area contributed by atoms with Crippen molar-refractivity contribution in [3.8, 4) is 0 Å². The summed E-state index contributed by atoms with van der Waals surface area (Å²) in [5.41, 5.74) is 1.01. The molecule has 0 saturated heterocycles. The molecule has 0 aliphatic heterocycles. The first kappa shape index (κ1) is 14.8. The first-order valence-electron chi connectivity index (χ1n) is 7.23. The van der Waals surface area contributed by atoms with Gasteiger partial charge in [-0.3, -0.25) is 4.79 Å². The number of alkyl halides is 1. The summed E-state index contributed by atoms with van der Waals surface area (Å²) in [5, 5.41) is 0. The van der Waals surface area contributed by atoms with Crippen molar-refractivity contribution >= 4 is 5.97 Å². The molecule has 0 N–H and O–H groups in total. The van der Waals surface area contributed by atoms with E-state index in [9.17, 15) is 9.18 Å². The van der Waals surface area contributed by atoms with Crippen LogP contribution >= 0.6 is 0 Å². The zero-order valence-electron chi connectivity index (χ0n) is 11.6. The van der Waals surface area contributed by atoms with Crippen molar-refractivity contribution in [2.45, 2.75) is 32.3 Å². The number of ether oxygens (including phenoxy) is 1. The molecule has 0 bridgehead atoms. The van der Waals surface area contributed by atoms with Gasteiger partial charge in [0.2, 0.25) is 0 Å². The average molecular weight is 276 g/mol. The largest absolute Gasteiger partial charge is 0.461 e. The van der Waals surface area contributed by atoms with Crippen LogP contribution < -0.4 is 0 Å². The molecule has 20 heavy (non-hydrogen) atoms. The van der Waals surface area contributed by atoms with Gasteiger partial charge in [0.15, 0.2) is 0 Å². The van der Waals surface area contributed by atoms with Gasteiger partial charge < -0.3 is 4.74 Å². The molecule has 108 valence electrons. The summed E-state index contributed by atoms with van der Waals surface area (Å²) in [6, 6.07) is 9.71. The second-order valence-electron chi connectivity index (χ2n) is 5.29. The summed E-state index contributed by atoms with van der Waals surface area (Å²) in [7, 11) is 0. The summed E-state index contributed by atoms with van der Waals surface area (Å²) in [5.74, 6) is 0.333. The Bertz CT molecular complexity index is 434. The number of carbonyl (C=O) groups excluding carboxylic acids is 1. The predicted octanol–water partition coefficient (Wildman–Crippen LogP) is 4.06. The van der Waals surface area contributed by atoms with E-state index in [1.54, 1.807) is 6.08 Å². The Kier molecular flexibility index (Phi) is 5.78.